The molecule has 0 spiro atoms. The number of anilines is 1. The second-order valence-electron chi connectivity index (χ2n) is 3.61. The van der Waals surface area contributed by atoms with Crippen LogP contribution >= 0.6 is 11.8 Å². The van der Waals surface area contributed by atoms with Gasteiger partial charge in [0.1, 0.15) is 6.04 Å². The fraction of sp³-hybridized carbons (Fsp3) is 0.333. The topological polar surface area (TPSA) is 58.2 Å². The molecule has 1 unspecified atom stereocenters. The van der Waals surface area contributed by atoms with Crippen LogP contribution in [0.1, 0.15) is 13.8 Å². The Morgan fingerprint density at radius 1 is 1.29 bits per heavy atom. The standard InChI is InChI=1S/C12H16N2O2S/c1-8(13-9(2)15)12(16)14-10-6-4-5-7-11(10)17-3/h4-8H,1-3H3,(H,13,15)(H,14,16). The molecule has 0 radical (unpaired) electrons. The SMILES string of the molecule is CSc1ccccc1NC(=O)C(C)NC(C)=O. The predicted octanol–water partition coefficient (Wildman–Crippen LogP) is 1.87. The molecule has 92 valence electrons. The fourth-order valence-corrected chi connectivity index (χ4v) is 1.91. The van der Waals surface area contributed by atoms with Gasteiger partial charge in [0.05, 0.1) is 5.69 Å². The van der Waals surface area contributed by atoms with E-state index in [-0.39, 0.29) is 11.8 Å². The van der Waals surface area contributed by atoms with Gasteiger partial charge in [0, 0.05) is 11.8 Å². The molecule has 1 atom stereocenters. The molecule has 1 aromatic carbocycles. The first-order chi connectivity index (χ1) is 8.04. The van der Waals surface area contributed by atoms with Gasteiger partial charge in [-0.25, -0.2) is 0 Å². The Morgan fingerprint density at radius 3 is 2.53 bits per heavy atom. The number of hydrogen-bond acceptors (Lipinski definition) is 3. The van der Waals surface area contributed by atoms with Gasteiger partial charge >= 0.3 is 0 Å². The highest BCUT2D eigenvalue weighted by molar-refractivity contribution is 7.98. The molecule has 0 bridgehead atoms. The Morgan fingerprint density at radius 2 is 1.94 bits per heavy atom. The summed E-state index contributed by atoms with van der Waals surface area (Å²) in [4.78, 5) is 23.6. The summed E-state index contributed by atoms with van der Waals surface area (Å²) in [6, 6.07) is 7.01. The molecule has 4 nitrogen and oxygen atoms in total. The van der Waals surface area contributed by atoms with Crippen molar-refractivity contribution in [1.29, 1.82) is 0 Å². The lowest BCUT2D eigenvalue weighted by molar-refractivity contribution is -0.124. The van der Waals surface area contributed by atoms with Crippen LogP contribution in [0.4, 0.5) is 5.69 Å². The van der Waals surface area contributed by atoms with Crippen molar-refractivity contribution in [3.05, 3.63) is 24.3 Å². The van der Waals surface area contributed by atoms with Gasteiger partial charge in [0.15, 0.2) is 0 Å². The Hall–Kier alpha value is -1.49. The van der Waals surface area contributed by atoms with Crippen molar-refractivity contribution in [2.24, 2.45) is 0 Å². The van der Waals surface area contributed by atoms with Crippen molar-refractivity contribution < 1.29 is 9.59 Å². The average molecular weight is 252 g/mol. The summed E-state index contributed by atoms with van der Waals surface area (Å²) in [5.74, 6) is -0.437. The molecule has 0 aromatic heterocycles. The number of thioether (sulfide) groups is 1. The smallest absolute Gasteiger partial charge is 0.246 e. The maximum absolute atomic E-state index is 11.8. The molecule has 17 heavy (non-hydrogen) atoms. The lowest BCUT2D eigenvalue weighted by atomic mass is 10.2. The van der Waals surface area contributed by atoms with Crippen LogP contribution in [-0.2, 0) is 9.59 Å². The molecule has 0 heterocycles. The lowest BCUT2D eigenvalue weighted by Crippen LogP contribution is -2.40. The van der Waals surface area contributed by atoms with Crippen LogP contribution in [-0.4, -0.2) is 24.1 Å². The van der Waals surface area contributed by atoms with E-state index in [4.69, 9.17) is 0 Å². The zero-order valence-corrected chi connectivity index (χ0v) is 10.9. The fourth-order valence-electron chi connectivity index (χ4n) is 1.36. The highest BCUT2D eigenvalue weighted by atomic mass is 32.2. The van der Waals surface area contributed by atoms with Crippen LogP contribution < -0.4 is 10.6 Å². The third-order valence-electron chi connectivity index (χ3n) is 2.18. The van der Waals surface area contributed by atoms with Crippen molar-refractivity contribution in [2.45, 2.75) is 24.8 Å². The van der Waals surface area contributed by atoms with E-state index in [1.54, 1.807) is 18.7 Å². The van der Waals surface area contributed by atoms with Gasteiger partial charge in [-0.2, -0.15) is 0 Å². The van der Waals surface area contributed by atoms with Crippen LogP contribution in [0, 0.1) is 0 Å². The molecule has 0 saturated carbocycles. The maximum Gasteiger partial charge on any atom is 0.246 e. The van der Waals surface area contributed by atoms with Gasteiger partial charge < -0.3 is 10.6 Å². The average Bonchev–Trinajstić information content (AvgIpc) is 2.28. The Balaban J connectivity index is 2.70. The number of hydrogen-bond donors (Lipinski definition) is 2. The highest BCUT2D eigenvalue weighted by Gasteiger charge is 2.14. The molecule has 0 aliphatic rings. The van der Waals surface area contributed by atoms with E-state index < -0.39 is 6.04 Å². The molecule has 2 amide bonds. The summed E-state index contributed by atoms with van der Waals surface area (Å²) in [7, 11) is 0. The Bertz CT molecular complexity index is 421. The monoisotopic (exact) mass is 252 g/mol. The van der Waals surface area contributed by atoms with E-state index in [1.807, 2.05) is 30.5 Å². The molecular weight excluding hydrogens is 236 g/mol. The van der Waals surface area contributed by atoms with Crippen LogP contribution in [0.25, 0.3) is 0 Å². The summed E-state index contributed by atoms with van der Waals surface area (Å²) < 4.78 is 0. The molecule has 2 N–H and O–H groups in total. The van der Waals surface area contributed by atoms with Crippen LogP contribution in [0.3, 0.4) is 0 Å². The van der Waals surface area contributed by atoms with Gasteiger partial charge in [-0.05, 0) is 25.3 Å². The summed E-state index contributed by atoms with van der Waals surface area (Å²) in [5.41, 5.74) is 0.766. The number of para-hydroxylation sites is 1. The van der Waals surface area contributed by atoms with E-state index in [9.17, 15) is 9.59 Å². The maximum atomic E-state index is 11.8. The predicted molar refractivity (Wildman–Crippen MR) is 70.1 cm³/mol. The van der Waals surface area contributed by atoms with Crippen LogP contribution in [0.2, 0.25) is 0 Å². The van der Waals surface area contributed by atoms with Crippen molar-refractivity contribution in [1.82, 2.24) is 5.32 Å². The summed E-state index contributed by atoms with van der Waals surface area (Å²) in [6.07, 6.45) is 1.95. The molecule has 5 heteroatoms. The summed E-state index contributed by atoms with van der Waals surface area (Å²) >= 11 is 1.56. The minimum Gasteiger partial charge on any atom is -0.345 e. The zero-order chi connectivity index (χ0) is 12.8. The number of amides is 2. The normalized spacial score (nSPS) is 11.7. The van der Waals surface area contributed by atoms with Crippen LogP contribution in [0.5, 0.6) is 0 Å². The van der Waals surface area contributed by atoms with E-state index >= 15 is 0 Å². The second kappa shape index (κ2) is 6.30. The van der Waals surface area contributed by atoms with Gasteiger partial charge in [0.2, 0.25) is 11.8 Å². The molecule has 0 aliphatic heterocycles. The van der Waals surface area contributed by atoms with Gasteiger partial charge in [0.25, 0.3) is 0 Å². The zero-order valence-electron chi connectivity index (χ0n) is 10.1. The quantitative estimate of drug-likeness (QED) is 0.804. The van der Waals surface area contributed by atoms with Gasteiger partial charge in [-0.1, -0.05) is 12.1 Å². The summed E-state index contributed by atoms with van der Waals surface area (Å²) in [5, 5.41) is 5.33. The van der Waals surface area contributed by atoms with E-state index in [1.165, 1.54) is 6.92 Å². The lowest BCUT2D eigenvalue weighted by Gasteiger charge is -2.14. The molecule has 1 rings (SSSR count). The molecular formula is C12H16N2O2S. The minimum atomic E-state index is -0.539. The number of rotatable bonds is 4. The molecule has 1 aromatic rings. The van der Waals surface area contributed by atoms with E-state index in [0.29, 0.717) is 0 Å². The van der Waals surface area contributed by atoms with Crippen molar-refractivity contribution in [3.63, 3.8) is 0 Å². The third-order valence-corrected chi connectivity index (χ3v) is 2.97. The van der Waals surface area contributed by atoms with Crippen molar-refractivity contribution >= 4 is 29.3 Å². The van der Waals surface area contributed by atoms with Crippen LogP contribution in [0.15, 0.2) is 29.2 Å². The Labute approximate surface area is 105 Å². The second-order valence-corrected chi connectivity index (χ2v) is 4.46. The number of benzene rings is 1. The van der Waals surface area contributed by atoms with Gasteiger partial charge in [-0.3, -0.25) is 9.59 Å². The number of nitrogens with one attached hydrogen (secondary N) is 2. The van der Waals surface area contributed by atoms with E-state index in [0.717, 1.165) is 10.6 Å². The summed E-state index contributed by atoms with van der Waals surface area (Å²) in [6.45, 7) is 3.04. The number of carbonyl (C=O) groups is 2. The largest absolute Gasteiger partial charge is 0.345 e. The number of carbonyl (C=O) groups excluding carboxylic acids is 2. The highest BCUT2D eigenvalue weighted by Crippen LogP contribution is 2.24. The first kappa shape index (κ1) is 13.6. The third kappa shape index (κ3) is 4.11. The van der Waals surface area contributed by atoms with Gasteiger partial charge in [-0.15, -0.1) is 11.8 Å². The first-order valence-corrected chi connectivity index (χ1v) is 6.48. The van der Waals surface area contributed by atoms with Crippen molar-refractivity contribution in [2.75, 3.05) is 11.6 Å². The Kier molecular flexibility index (Phi) is 5.03. The molecule has 0 fully saturated rings. The van der Waals surface area contributed by atoms with Crippen molar-refractivity contribution in [3.8, 4) is 0 Å². The molecule has 0 saturated heterocycles. The first-order valence-electron chi connectivity index (χ1n) is 5.25. The van der Waals surface area contributed by atoms with E-state index in [2.05, 4.69) is 10.6 Å². The minimum absolute atomic E-state index is 0.217. The molecule has 0 aliphatic carbocycles.